The molecule has 3 heteroatoms. The summed E-state index contributed by atoms with van der Waals surface area (Å²) in [5.41, 5.74) is 0. The highest BCUT2D eigenvalue weighted by atomic mass is 16.1. The van der Waals surface area contributed by atoms with Crippen molar-refractivity contribution >= 4 is 6.41 Å². The van der Waals surface area contributed by atoms with Gasteiger partial charge in [0.1, 0.15) is 0 Å². The van der Waals surface area contributed by atoms with Crippen LogP contribution in [0.15, 0.2) is 0 Å². The van der Waals surface area contributed by atoms with E-state index in [4.69, 9.17) is 0 Å². The molecule has 0 aromatic rings. The van der Waals surface area contributed by atoms with Gasteiger partial charge in [-0.15, -0.1) is 0 Å². The summed E-state index contributed by atoms with van der Waals surface area (Å²) in [6.45, 7) is 1.88. The third kappa shape index (κ3) is 3.37. The Hall–Kier alpha value is -0.570. The number of nitrogens with one attached hydrogen (secondary N) is 2. The molecule has 1 rings (SSSR count). The highest BCUT2D eigenvalue weighted by molar-refractivity contribution is 5.45. The van der Waals surface area contributed by atoms with E-state index in [1.165, 1.54) is 25.7 Å². The molecular formula is C8H16N2O. The van der Waals surface area contributed by atoms with Crippen LogP contribution in [0.1, 0.15) is 25.7 Å². The van der Waals surface area contributed by atoms with Crippen molar-refractivity contribution < 1.29 is 4.79 Å². The Labute approximate surface area is 67.5 Å². The Bertz CT molecular complexity index is 109. The third-order valence-electron chi connectivity index (χ3n) is 2.11. The van der Waals surface area contributed by atoms with Gasteiger partial charge in [0.05, 0.1) is 0 Å². The lowest BCUT2D eigenvalue weighted by atomic mass is 10.1. The van der Waals surface area contributed by atoms with E-state index in [2.05, 4.69) is 10.6 Å². The van der Waals surface area contributed by atoms with E-state index in [9.17, 15) is 4.79 Å². The molecule has 1 heterocycles. The molecule has 11 heavy (non-hydrogen) atoms. The minimum atomic E-state index is 0.502. The predicted octanol–water partition coefficient (Wildman–Crippen LogP) is 0.265. The van der Waals surface area contributed by atoms with Gasteiger partial charge in [-0.1, -0.05) is 12.8 Å². The molecular weight excluding hydrogens is 140 g/mol. The van der Waals surface area contributed by atoms with E-state index < -0.39 is 0 Å². The standard InChI is InChI=1S/C8H16N2O/c11-7-9-6-8-4-2-1-3-5-10-8/h7-8,10H,1-6H2,(H,9,11). The zero-order chi connectivity index (χ0) is 7.94. The summed E-state index contributed by atoms with van der Waals surface area (Å²) in [7, 11) is 0. The van der Waals surface area contributed by atoms with Crippen LogP contribution in [0, 0.1) is 0 Å². The van der Waals surface area contributed by atoms with Gasteiger partial charge in [-0.2, -0.15) is 0 Å². The number of amides is 1. The van der Waals surface area contributed by atoms with E-state index >= 15 is 0 Å². The second kappa shape index (κ2) is 5.13. The van der Waals surface area contributed by atoms with Crippen LogP contribution in [0.4, 0.5) is 0 Å². The van der Waals surface area contributed by atoms with E-state index in [0.717, 1.165) is 19.5 Å². The van der Waals surface area contributed by atoms with Gasteiger partial charge in [-0.3, -0.25) is 4.79 Å². The van der Waals surface area contributed by atoms with Crippen LogP contribution in [-0.2, 0) is 4.79 Å². The fourth-order valence-electron chi connectivity index (χ4n) is 1.47. The maximum absolute atomic E-state index is 9.99. The molecule has 0 aromatic heterocycles. The van der Waals surface area contributed by atoms with Gasteiger partial charge in [0.2, 0.25) is 6.41 Å². The highest BCUT2D eigenvalue weighted by Crippen LogP contribution is 2.07. The van der Waals surface area contributed by atoms with Gasteiger partial charge >= 0.3 is 0 Å². The Morgan fingerprint density at radius 2 is 2.36 bits per heavy atom. The minimum absolute atomic E-state index is 0.502. The fraction of sp³-hybridized carbons (Fsp3) is 0.875. The first-order chi connectivity index (χ1) is 5.43. The highest BCUT2D eigenvalue weighted by Gasteiger charge is 2.09. The smallest absolute Gasteiger partial charge is 0.207 e. The van der Waals surface area contributed by atoms with Crippen LogP contribution >= 0.6 is 0 Å². The molecule has 0 saturated carbocycles. The summed E-state index contributed by atoms with van der Waals surface area (Å²) in [6, 6.07) is 0.502. The second-order valence-corrected chi connectivity index (χ2v) is 3.03. The second-order valence-electron chi connectivity index (χ2n) is 3.03. The van der Waals surface area contributed by atoms with Crippen molar-refractivity contribution in [2.75, 3.05) is 13.1 Å². The summed E-state index contributed by atoms with van der Waals surface area (Å²) in [5, 5.41) is 6.10. The van der Waals surface area contributed by atoms with Crippen LogP contribution in [0.5, 0.6) is 0 Å². The van der Waals surface area contributed by atoms with Crippen LogP contribution in [-0.4, -0.2) is 25.5 Å². The molecule has 0 aliphatic carbocycles. The van der Waals surface area contributed by atoms with Crippen LogP contribution in [0.25, 0.3) is 0 Å². The van der Waals surface area contributed by atoms with E-state index in [-0.39, 0.29) is 0 Å². The van der Waals surface area contributed by atoms with Gasteiger partial charge in [-0.25, -0.2) is 0 Å². The van der Waals surface area contributed by atoms with Crippen molar-refractivity contribution in [2.24, 2.45) is 0 Å². The normalized spacial score (nSPS) is 25.6. The lowest BCUT2D eigenvalue weighted by Gasteiger charge is -2.13. The lowest BCUT2D eigenvalue weighted by molar-refractivity contribution is -0.109. The molecule has 1 fully saturated rings. The van der Waals surface area contributed by atoms with E-state index in [0.29, 0.717) is 6.04 Å². The zero-order valence-corrected chi connectivity index (χ0v) is 6.81. The SMILES string of the molecule is O=CNCC1CCCCCN1. The first kappa shape index (κ1) is 8.53. The summed E-state index contributed by atoms with van der Waals surface area (Å²) in [5.74, 6) is 0. The molecule has 1 atom stereocenters. The summed E-state index contributed by atoms with van der Waals surface area (Å²) in [4.78, 5) is 9.99. The van der Waals surface area contributed by atoms with Crippen molar-refractivity contribution in [1.29, 1.82) is 0 Å². The third-order valence-corrected chi connectivity index (χ3v) is 2.11. The quantitative estimate of drug-likeness (QED) is 0.576. The molecule has 1 aliphatic rings. The van der Waals surface area contributed by atoms with Crippen LogP contribution < -0.4 is 10.6 Å². The topological polar surface area (TPSA) is 41.1 Å². The molecule has 1 aliphatic heterocycles. The number of rotatable bonds is 3. The van der Waals surface area contributed by atoms with Crippen LogP contribution in [0.3, 0.4) is 0 Å². The van der Waals surface area contributed by atoms with Crippen molar-refractivity contribution in [3.63, 3.8) is 0 Å². The van der Waals surface area contributed by atoms with Crippen molar-refractivity contribution in [1.82, 2.24) is 10.6 Å². The van der Waals surface area contributed by atoms with Gasteiger partial charge in [-0.05, 0) is 19.4 Å². The Morgan fingerprint density at radius 3 is 3.18 bits per heavy atom. The first-order valence-electron chi connectivity index (χ1n) is 4.34. The summed E-state index contributed by atoms with van der Waals surface area (Å²) in [6.07, 6.45) is 5.85. The number of carbonyl (C=O) groups excluding carboxylic acids is 1. The molecule has 0 aromatic carbocycles. The molecule has 1 amide bonds. The monoisotopic (exact) mass is 156 g/mol. The average Bonchev–Trinajstić information content (AvgIpc) is 2.28. The molecule has 0 spiro atoms. The largest absolute Gasteiger partial charge is 0.357 e. The number of hydrogen-bond donors (Lipinski definition) is 2. The average molecular weight is 156 g/mol. The van der Waals surface area contributed by atoms with Gasteiger partial charge in [0, 0.05) is 12.6 Å². The van der Waals surface area contributed by atoms with E-state index in [1.807, 2.05) is 0 Å². The maximum atomic E-state index is 9.99. The molecule has 0 radical (unpaired) electrons. The molecule has 3 nitrogen and oxygen atoms in total. The van der Waals surface area contributed by atoms with Crippen molar-refractivity contribution in [2.45, 2.75) is 31.7 Å². The number of hydrogen-bond acceptors (Lipinski definition) is 2. The van der Waals surface area contributed by atoms with Crippen molar-refractivity contribution in [3.8, 4) is 0 Å². The first-order valence-corrected chi connectivity index (χ1v) is 4.34. The maximum Gasteiger partial charge on any atom is 0.207 e. The fourth-order valence-corrected chi connectivity index (χ4v) is 1.47. The summed E-state index contributed by atoms with van der Waals surface area (Å²) < 4.78 is 0. The minimum Gasteiger partial charge on any atom is -0.357 e. The molecule has 64 valence electrons. The van der Waals surface area contributed by atoms with E-state index in [1.54, 1.807) is 0 Å². The summed E-state index contributed by atoms with van der Waals surface area (Å²) >= 11 is 0. The van der Waals surface area contributed by atoms with Gasteiger partial charge in [0.25, 0.3) is 0 Å². The zero-order valence-electron chi connectivity index (χ0n) is 6.81. The van der Waals surface area contributed by atoms with Crippen molar-refractivity contribution in [3.05, 3.63) is 0 Å². The number of carbonyl (C=O) groups is 1. The molecule has 0 bridgehead atoms. The van der Waals surface area contributed by atoms with Crippen LogP contribution in [0.2, 0.25) is 0 Å². The lowest BCUT2D eigenvalue weighted by Crippen LogP contribution is -2.37. The Morgan fingerprint density at radius 1 is 1.45 bits per heavy atom. The Kier molecular flexibility index (Phi) is 3.98. The Balaban J connectivity index is 2.14. The molecule has 2 N–H and O–H groups in total. The molecule has 1 unspecified atom stereocenters. The van der Waals surface area contributed by atoms with Gasteiger partial charge < -0.3 is 10.6 Å². The predicted molar refractivity (Wildman–Crippen MR) is 44.3 cm³/mol. The van der Waals surface area contributed by atoms with Gasteiger partial charge in [0.15, 0.2) is 0 Å². The molecule has 1 saturated heterocycles.